The third kappa shape index (κ3) is 12.3. The van der Waals surface area contributed by atoms with Crippen LogP contribution in [0.1, 0.15) is 0 Å². The van der Waals surface area contributed by atoms with Crippen molar-refractivity contribution in [2.45, 2.75) is 0 Å². The Morgan fingerprint density at radius 2 is 0.587 bits per heavy atom. The van der Waals surface area contributed by atoms with Gasteiger partial charge in [-0.05, 0) is 135 Å². The summed E-state index contributed by atoms with van der Waals surface area (Å²) in [6.45, 7) is 0. The van der Waals surface area contributed by atoms with E-state index in [2.05, 4.69) is 133 Å². The normalized spacial score (nSPS) is 11.5. The molecule has 2 N–H and O–H groups in total. The number of aromatic nitrogens is 6. The lowest BCUT2D eigenvalue weighted by Gasteiger charge is -2.15. The molecule has 0 fully saturated rings. The lowest BCUT2D eigenvalue weighted by Crippen LogP contribution is -2.30. The fourth-order valence-corrected chi connectivity index (χ4v) is 15.8. The summed E-state index contributed by atoms with van der Waals surface area (Å²) in [7, 11) is -1.44. The van der Waals surface area contributed by atoms with Gasteiger partial charge >= 0.3 is 7.12 Å². The van der Waals surface area contributed by atoms with Crippen LogP contribution in [-0.2, 0) is 0 Å². The molecule has 4 aromatic heterocycles. The summed E-state index contributed by atoms with van der Waals surface area (Å²) in [5.74, 6) is 3.56. The van der Waals surface area contributed by atoms with Crippen LogP contribution in [0, 0.1) is 0 Å². The van der Waals surface area contributed by atoms with Crippen molar-refractivity contribution in [1.29, 1.82) is 0 Å². The second-order valence-electron chi connectivity index (χ2n) is 26.8. The Morgan fingerprint density at radius 1 is 0.239 bits per heavy atom. The van der Waals surface area contributed by atoms with Gasteiger partial charge in [-0.2, -0.15) is 0 Å². The van der Waals surface area contributed by atoms with Crippen molar-refractivity contribution in [3.8, 4) is 90.6 Å². The van der Waals surface area contributed by atoms with Gasteiger partial charge in [0.05, 0.1) is 5.02 Å². The summed E-state index contributed by atoms with van der Waals surface area (Å²) < 4.78 is 13.1. The van der Waals surface area contributed by atoms with E-state index in [0.29, 0.717) is 61.6 Å². The summed E-state index contributed by atoms with van der Waals surface area (Å²) in [5.41, 5.74) is 13.2. The number of rotatable bonds is 9. The second-order valence-corrected chi connectivity index (χ2v) is 27.6. The van der Waals surface area contributed by atoms with Crippen LogP contribution in [0.2, 0.25) is 10.0 Å². The van der Waals surface area contributed by atoms with Crippen LogP contribution in [-0.4, -0.2) is 47.1 Å². The highest BCUT2D eigenvalue weighted by atomic mass is 35.5. The number of benzene rings is 17. The first-order chi connectivity index (χ1) is 53.7. The van der Waals surface area contributed by atoms with E-state index in [9.17, 15) is 10.0 Å². The van der Waals surface area contributed by atoms with Crippen LogP contribution < -0.4 is 5.46 Å². The number of fused-ring (bicyclic) bond motifs is 15. The molecule has 0 atom stereocenters. The van der Waals surface area contributed by atoms with Crippen LogP contribution in [0.15, 0.2) is 355 Å². The van der Waals surface area contributed by atoms with Crippen LogP contribution >= 0.6 is 23.2 Å². The molecule has 0 saturated carbocycles. The second kappa shape index (κ2) is 28.1. The van der Waals surface area contributed by atoms with Gasteiger partial charge in [-0.1, -0.05) is 320 Å². The van der Waals surface area contributed by atoms with Crippen molar-refractivity contribution in [2.24, 2.45) is 0 Å². The Morgan fingerprint density at radius 3 is 1.04 bits per heavy atom. The van der Waals surface area contributed by atoms with Gasteiger partial charge in [0.15, 0.2) is 40.5 Å². The van der Waals surface area contributed by atoms with E-state index in [-0.39, 0.29) is 0 Å². The smallest absolute Gasteiger partial charge is 0.455 e. The highest BCUT2D eigenvalue weighted by molar-refractivity contribution is 6.62. The first-order valence-corrected chi connectivity index (χ1v) is 36.6. The first-order valence-electron chi connectivity index (χ1n) is 35.8. The van der Waals surface area contributed by atoms with Gasteiger partial charge in [0.25, 0.3) is 0 Å². The van der Waals surface area contributed by atoms with Crippen LogP contribution in [0.5, 0.6) is 0 Å². The maximum atomic E-state index is 9.44. The van der Waals surface area contributed by atoms with Gasteiger partial charge in [-0.25, -0.2) is 29.9 Å². The van der Waals surface area contributed by atoms with Crippen LogP contribution in [0.3, 0.4) is 0 Å². The van der Waals surface area contributed by atoms with Crippen molar-refractivity contribution in [3.05, 3.63) is 356 Å². The molecule has 21 aromatic rings. The predicted octanol–water partition coefficient (Wildman–Crippen LogP) is 24.5. The number of halogens is 2. The van der Waals surface area contributed by atoms with Crippen molar-refractivity contribution < 1.29 is 18.9 Å². The molecule has 0 aliphatic rings. The summed E-state index contributed by atoms with van der Waals surface area (Å²) in [6.07, 6.45) is 0. The zero-order chi connectivity index (χ0) is 73.1. The van der Waals surface area contributed by atoms with Gasteiger partial charge in [0, 0.05) is 65.5 Å². The molecule has 0 amide bonds. The Balaban J connectivity index is 0.000000134. The Hall–Kier alpha value is -13.5. The fourth-order valence-electron chi connectivity index (χ4n) is 15.2. The predicted molar refractivity (Wildman–Crippen MR) is 449 cm³/mol. The van der Waals surface area contributed by atoms with E-state index in [1.165, 1.54) is 43.1 Å². The van der Waals surface area contributed by atoms with Gasteiger partial charge < -0.3 is 18.9 Å². The van der Waals surface area contributed by atoms with E-state index in [4.69, 9.17) is 61.9 Å². The van der Waals surface area contributed by atoms with E-state index >= 15 is 0 Å². The summed E-state index contributed by atoms with van der Waals surface area (Å²) in [4.78, 5) is 29.8. The molecule has 0 aliphatic carbocycles. The Kier molecular flexibility index (Phi) is 17.1. The lowest BCUT2D eigenvalue weighted by atomic mass is 9.76. The molecular formula is C96H59BCl2N6O4. The molecule has 0 aliphatic heterocycles. The number of nitrogens with zero attached hydrogens (tertiary/aromatic N) is 6. The summed E-state index contributed by atoms with van der Waals surface area (Å²) >= 11 is 12.7. The monoisotopic (exact) mass is 1440 g/mol. The van der Waals surface area contributed by atoms with Crippen LogP contribution in [0.25, 0.3) is 199 Å². The van der Waals surface area contributed by atoms with Gasteiger partial charge in [-0.15, -0.1) is 0 Å². The van der Waals surface area contributed by atoms with E-state index < -0.39 is 7.12 Å². The quantitative estimate of drug-likeness (QED) is 0.106. The topological polar surface area (TPSA) is 144 Å². The molecule has 0 radical (unpaired) electrons. The van der Waals surface area contributed by atoms with Gasteiger partial charge in [0.1, 0.15) is 16.7 Å². The van der Waals surface area contributed by atoms with Gasteiger partial charge in [0.2, 0.25) is 0 Å². The minimum Gasteiger partial charge on any atom is -0.455 e. The summed E-state index contributed by atoms with van der Waals surface area (Å²) in [6, 6.07) is 117. The number of furan rings is 2. The molecule has 109 heavy (non-hydrogen) atoms. The van der Waals surface area contributed by atoms with E-state index in [1.807, 2.05) is 206 Å². The number of hydrogen-bond acceptors (Lipinski definition) is 10. The molecule has 0 unspecified atom stereocenters. The highest BCUT2D eigenvalue weighted by Gasteiger charge is 2.25. The maximum absolute atomic E-state index is 9.44. The minimum absolute atomic E-state index is 0.463. The molecule has 514 valence electrons. The van der Waals surface area contributed by atoms with Crippen molar-refractivity contribution in [3.63, 3.8) is 0 Å². The van der Waals surface area contributed by atoms with E-state index in [1.54, 1.807) is 6.07 Å². The number of hydrogen-bond donors (Lipinski definition) is 2. The molecule has 0 spiro atoms. The van der Waals surface area contributed by atoms with Crippen molar-refractivity contribution in [2.75, 3.05) is 0 Å². The zero-order valence-corrected chi connectivity index (χ0v) is 59.6. The third-order valence-electron chi connectivity index (χ3n) is 20.2. The lowest BCUT2D eigenvalue weighted by molar-refractivity contribution is 0.426. The molecular weight excluding hydrogens is 1380 g/mol. The Labute approximate surface area is 635 Å². The van der Waals surface area contributed by atoms with Crippen molar-refractivity contribution >= 4 is 144 Å². The SMILES string of the molecule is Clc1cc(Cl)c2oc3cccc(-c4nc(-c5ccccc5)nc(-c5ccccc5)n4)c3c2c1.OB(O)c1cc2ccccc2c2ccccc12.c1ccc(-c2nc(-c3ccccc3)nc(-c3cccc4oc5c(-c6cc7ccccc7c7ccccc67)cc(-c6cc7ccccc7c7ccccc67)cc5c34)n2)cc1. The average molecular weight is 1440 g/mol. The van der Waals surface area contributed by atoms with Gasteiger partial charge in [-0.3, -0.25) is 0 Å². The molecule has 17 aromatic carbocycles. The first kappa shape index (κ1) is 66.2. The van der Waals surface area contributed by atoms with E-state index in [0.717, 1.165) is 110 Å². The molecule has 21 rings (SSSR count). The van der Waals surface area contributed by atoms with Crippen LogP contribution in [0.4, 0.5) is 0 Å². The highest BCUT2D eigenvalue weighted by Crippen LogP contribution is 2.48. The average Bonchev–Trinajstić information content (AvgIpc) is 1.65. The van der Waals surface area contributed by atoms with Crippen molar-refractivity contribution in [1.82, 2.24) is 29.9 Å². The summed E-state index contributed by atoms with van der Waals surface area (Å²) in [5, 5.41) is 37.3. The standard InChI is InChI=1S/C55H33N3O.C27H15Cl2N3O.C14H11BO2/c1-3-16-34(17-4-1)53-56-54(35-18-5-2-6-19-35)58-55(57-53)45-28-15-29-50-51(45)49-33-38(46-30-36-20-7-9-22-39(36)41-24-11-13-26-43(41)46)32-48(52(49)59-50)47-31-37-21-8-10-23-40(37)42-25-12-14-27-44(42)47;28-18-14-20-23-19(12-7-13-22(23)33-24(20)21(29)15-18)27-31-25(16-8-3-1-4-9-16)30-26(32-27)17-10-5-2-6-11-17;16-15(17)14-9-10-5-1-2-6-11(10)12-7-3-4-8-13(12)14/h1-33H;1-15H;1-9,16-17H. The molecule has 4 heterocycles. The molecule has 0 bridgehead atoms. The zero-order valence-electron chi connectivity index (χ0n) is 58.1. The Bertz CT molecular complexity index is 7010. The minimum atomic E-state index is -1.44. The maximum Gasteiger partial charge on any atom is 0.489 e. The fraction of sp³-hybridized carbons (Fsp3) is 0. The largest absolute Gasteiger partial charge is 0.489 e. The molecule has 0 saturated heterocycles. The third-order valence-corrected chi connectivity index (χ3v) is 20.7. The molecule has 10 nitrogen and oxygen atoms in total. The molecule has 13 heteroatoms.